The van der Waals surface area contributed by atoms with Crippen LogP contribution in [-0.4, -0.2) is 52.3 Å². The molecule has 33 heavy (non-hydrogen) atoms. The van der Waals surface area contributed by atoms with E-state index in [1.165, 1.54) is 24.0 Å². The zero-order chi connectivity index (χ0) is 22.9. The van der Waals surface area contributed by atoms with Crippen LogP contribution >= 0.6 is 0 Å². The Morgan fingerprint density at radius 3 is 2.61 bits per heavy atom. The van der Waals surface area contributed by atoms with Crippen LogP contribution in [0.2, 0.25) is 0 Å². The molecule has 2 aliphatic carbocycles. The van der Waals surface area contributed by atoms with Gasteiger partial charge in [-0.3, -0.25) is 19.5 Å². The molecular formula is C27H34N4O2. The minimum absolute atomic E-state index is 0.119. The zero-order valence-corrected chi connectivity index (χ0v) is 19.7. The number of carbonyl (C=O) groups is 2. The fraction of sp³-hybridized carbons (Fsp3) is 0.519. The smallest absolute Gasteiger partial charge is 0.257 e. The molecule has 1 aromatic heterocycles. The van der Waals surface area contributed by atoms with Gasteiger partial charge >= 0.3 is 0 Å². The number of nitrogens with zero attached hydrogens (tertiary/aromatic N) is 3. The average molecular weight is 447 g/mol. The highest BCUT2D eigenvalue weighted by molar-refractivity contribution is 6.04. The fourth-order valence-corrected chi connectivity index (χ4v) is 5.93. The summed E-state index contributed by atoms with van der Waals surface area (Å²) in [5.74, 6) is 0.509. The van der Waals surface area contributed by atoms with Crippen molar-refractivity contribution in [1.82, 2.24) is 14.8 Å². The fourth-order valence-electron chi connectivity index (χ4n) is 5.93. The second kappa shape index (κ2) is 9.26. The number of fused-ring (bicyclic) bond motifs is 1. The molecule has 2 heterocycles. The van der Waals surface area contributed by atoms with Gasteiger partial charge in [0.05, 0.1) is 5.56 Å². The molecule has 5 rings (SSSR count). The molecular weight excluding hydrogens is 412 g/mol. The summed E-state index contributed by atoms with van der Waals surface area (Å²) in [5, 5.41) is 3.11. The third kappa shape index (κ3) is 4.41. The van der Waals surface area contributed by atoms with Gasteiger partial charge in [-0.1, -0.05) is 25.0 Å². The Hall–Kier alpha value is -2.73. The van der Waals surface area contributed by atoms with Crippen LogP contribution in [0.25, 0.3) is 0 Å². The molecule has 6 heteroatoms. The SMILES string of the molecule is Cc1ccc(C(=O)Nc2cccc3c2CCC3N2CCN(C(=O)C3CCCC3)[C@@H](C)C2)cn1. The normalized spacial score (nSPS) is 23.5. The number of amides is 2. The number of piperazine rings is 1. The Morgan fingerprint density at radius 1 is 1.06 bits per heavy atom. The average Bonchev–Trinajstić information content (AvgIpc) is 3.50. The lowest BCUT2D eigenvalue weighted by Crippen LogP contribution is -2.55. The summed E-state index contributed by atoms with van der Waals surface area (Å²) < 4.78 is 0. The van der Waals surface area contributed by atoms with Crippen LogP contribution in [0.15, 0.2) is 36.5 Å². The number of hydrogen-bond acceptors (Lipinski definition) is 4. The third-order valence-electron chi connectivity index (χ3n) is 7.75. The minimum atomic E-state index is -0.119. The monoisotopic (exact) mass is 446 g/mol. The van der Waals surface area contributed by atoms with Gasteiger partial charge in [0.25, 0.3) is 5.91 Å². The van der Waals surface area contributed by atoms with Crippen LogP contribution in [-0.2, 0) is 11.2 Å². The summed E-state index contributed by atoms with van der Waals surface area (Å²) in [7, 11) is 0. The topological polar surface area (TPSA) is 65.5 Å². The van der Waals surface area contributed by atoms with Crippen LogP contribution in [0.4, 0.5) is 5.69 Å². The summed E-state index contributed by atoms with van der Waals surface area (Å²) in [4.78, 5) is 34.7. The highest BCUT2D eigenvalue weighted by Crippen LogP contribution is 2.40. The quantitative estimate of drug-likeness (QED) is 0.758. The van der Waals surface area contributed by atoms with E-state index >= 15 is 0 Å². The molecule has 1 N–H and O–H groups in total. The van der Waals surface area contributed by atoms with Crippen LogP contribution < -0.4 is 5.32 Å². The zero-order valence-electron chi connectivity index (χ0n) is 19.7. The molecule has 174 valence electrons. The molecule has 0 bridgehead atoms. The Balaban J connectivity index is 1.27. The van der Waals surface area contributed by atoms with Crippen molar-refractivity contribution in [2.75, 3.05) is 25.0 Å². The van der Waals surface area contributed by atoms with Gasteiger partial charge in [0.1, 0.15) is 0 Å². The summed E-state index contributed by atoms with van der Waals surface area (Å²) in [6.07, 6.45) is 8.16. The predicted octanol–water partition coefficient (Wildman–Crippen LogP) is 4.35. The van der Waals surface area contributed by atoms with Crippen molar-refractivity contribution in [2.24, 2.45) is 5.92 Å². The lowest BCUT2D eigenvalue weighted by Gasteiger charge is -2.43. The van der Waals surface area contributed by atoms with E-state index in [1.54, 1.807) is 6.20 Å². The van der Waals surface area contributed by atoms with Gasteiger partial charge < -0.3 is 10.2 Å². The number of pyridine rings is 1. The van der Waals surface area contributed by atoms with E-state index in [2.05, 4.69) is 33.1 Å². The molecule has 0 spiro atoms. The molecule has 2 atom stereocenters. The first-order valence-electron chi connectivity index (χ1n) is 12.4. The van der Waals surface area contributed by atoms with E-state index in [4.69, 9.17) is 0 Å². The summed E-state index contributed by atoms with van der Waals surface area (Å²) in [6, 6.07) is 10.5. The van der Waals surface area contributed by atoms with Crippen LogP contribution in [0.5, 0.6) is 0 Å². The van der Waals surface area contributed by atoms with Crippen molar-refractivity contribution in [3.05, 3.63) is 58.9 Å². The van der Waals surface area contributed by atoms with Crippen molar-refractivity contribution in [3.63, 3.8) is 0 Å². The molecule has 0 radical (unpaired) electrons. The van der Waals surface area contributed by atoms with Crippen molar-refractivity contribution >= 4 is 17.5 Å². The van der Waals surface area contributed by atoms with Crippen molar-refractivity contribution < 1.29 is 9.59 Å². The standard InChI is InChI=1S/C27H34N4O2/c1-18-10-11-21(16-28-18)26(32)29-24-9-5-8-23-22(24)12-13-25(23)30-14-15-31(19(2)17-30)27(33)20-6-3-4-7-20/h5,8-11,16,19-20,25H,3-4,6-7,12-15,17H2,1-2H3,(H,29,32)/t19-,25?/m0/s1. The summed E-state index contributed by atoms with van der Waals surface area (Å²) in [6.45, 7) is 6.75. The molecule has 1 saturated heterocycles. The molecule has 3 aliphatic rings. The summed E-state index contributed by atoms with van der Waals surface area (Å²) >= 11 is 0. The third-order valence-corrected chi connectivity index (χ3v) is 7.75. The molecule has 2 fully saturated rings. The van der Waals surface area contributed by atoms with Gasteiger partial charge in [-0.25, -0.2) is 0 Å². The van der Waals surface area contributed by atoms with E-state index in [-0.39, 0.29) is 17.9 Å². The number of anilines is 1. The Bertz CT molecular complexity index is 1030. The highest BCUT2D eigenvalue weighted by Gasteiger charge is 2.37. The lowest BCUT2D eigenvalue weighted by atomic mass is 10.0. The van der Waals surface area contributed by atoms with Gasteiger partial charge in [0.15, 0.2) is 0 Å². The maximum Gasteiger partial charge on any atom is 0.257 e. The number of rotatable bonds is 4. The second-order valence-corrected chi connectivity index (χ2v) is 9.93. The Kier molecular flexibility index (Phi) is 6.19. The van der Waals surface area contributed by atoms with E-state index in [1.807, 2.05) is 31.2 Å². The molecule has 6 nitrogen and oxygen atoms in total. The maximum absolute atomic E-state index is 13.0. The molecule has 1 aromatic carbocycles. The van der Waals surface area contributed by atoms with Gasteiger partial charge in [0, 0.05) is 55.2 Å². The number of aromatic nitrogens is 1. The van der Waals surface area contributed by atoms with Gasteiger partial charge in [0.2, 0.25) is 5.91 Å². The van der Waals surface area contributed by atoms with Crippen molar-refractivity contribution in [3.8, 4) is 0 Å². The molecule has 2 aromatic rings. The largest absolute Gasteiger partial charge is 0.337 e. The van der Waals surface area contributed by atoms with Gasteiger partial charge in [-0.05, 0) is 68.9 Å². The highest BCUT2D eigenvalue weighted by atomic mass is 16.2. The summed E-state index contributed by atoms with van der Waals surface area (Å²) in [5.41, 5.74) is 4.94. The first kappa shape index (κ1) is 22.1. The van der Waals surface area contributed by atoms with Crippen molar-refractivity contribution in [1.29, 1.82) is 0 Å². The van der Waals surface area contributed by atoms with Crippen LogP contribution in [0.1, 0.15) is 72.2 Å². The number of hydrogen-bond donors (Lipinski definition) is 1. The van der Waals surface area contributed by atoms with Crippen LogP contribution in [0, 0.1) is 12.8 Å². The maximum atomic E-state index is 13.0. The molecule has 2 amide bonds. The van der Waals surface area contributed by atoms with E-state index in [0.717, 1.165) is 56.7 Å². The first-order chi connectivity index (χ1) is 16.0. The predicted molar refractivity (Wildman–Crippen MR) is 129 cm³/mol. The number of nitrogens with one attached hydrogen (secondary N) is 1. The van der Waals surface area contributed by atoms with E-state index in [9.17, 15) is 9.59 Å². The Labute approximate surface area is 196 Å². The van der Waals surface area contributed by atoms with Gasteiger partial charge in [-0.15, -0.1) is 0 Å². The molecule has 1 aliphatic heterocycles. The number of aryl methyl sites for hydroxylation is 1. The van der Waals surface area contributed by atoms with Crippen molar-refractivity contribution in [2.45, 2.75) is 64.5 Å². The first-order valence-corrected chi connectivity index (χ1v) is 12.4. The van der Waals surface area contributed by atoms with Crippen LogP contribution in [0.3, 0.4) is 0 Å². The van der Waals surface area contributed by atoms with E-state index in [0.29, 0.717) is 17.5 Å². The Morgan fingerprint density at radius 2 is 1.88 bits per heavy atom. The molecule has 1 saturated carbocycles. The minimum Gasteiger partial charge on any atom is -0.337 e. The molecule has 1 unspecified atom stereocenters. The number of carbonyl (C=O) groups excluding carboxylic acids is 2. The van der Waals surface area contributed by atoms with Gasteiger partial charge in [-0.2, -0.15) is 0 Å². The lowest BCUT2D eigenvalue weighted by molar-refractivity contribution is -0.140. The van der Waals surface area contributed by atoms with E-state index < -0.39 is 0 Å². The second-order valence-electron chi connectivity index (χ2n) is 9.93. The number of benzene rings is 1.